The summed E-state index contributed by atoms with van der Waals surface area (Å²) in [5.74, 6) is 0.629. The number of nitrogens with zero attached hydrogens (tertiary/aromatic N) is 1. The minimum absolute atomic E-state index is 0.125. The first-order chi connectivity index (χ1) is 9.86. The Morgan fingerprint density at radius 3 is 2.24 bits per heavy atom. The van der Waals surface area contributed by atoms with Gasteiger partial charge in [-0.3, -0.25) is 4.79 Å². The molecule has 1 N–H and O–H groups in total. The van der Waals surface area contributed by atoms with E-state index in [9.17, 15) is 4.79 Å². The molecule has 1 aliphatic rings. The van der Waals surface area contributed by atoms with Crippen LogP contribution in [0, 0.1) is 18.3 Å². The molecule has 1 saturated carbocycles. The minimum Gasteiger partial charge on any atom is -0.267 e. The quantitative estimate of drug-likeness (QED) is 0.808. The van der Waals surface area contributed by atoms with Gasteiger partial charge in [-0.15, -0.1) is 0 Å². The zero-order valence-electron chi connectivity index (χ0n) is 13.6. The molecule has 114 valence electrons. The molecule has 1 aromatic rings. The van der Waals surface area contributed by atoms with Crippen LogP contribution in [0.5, 0.6) is 0 Å². The summed E-state index contributed by atoms with van der Waals surface area (Å²) in [4.78, 5) is 12.0. The van der Waals surface area contributed by atoms with Crippen molar-refractivity contribution < 1.29 is 4.79 Å². The molecule has 1 aromatic carbocycles. The van der Waals surface area contributed by atoms with Crippen LogP contribution >= 0.6 is 0 Å². The lowest BCUT2D eigenvalue weighted by Crippen LogP contribution is -2.27. The van der Waals surface area contributed by atoms with Crippen LogP contribution in [0.15, 0.2) is 29.4 Å². The standard InChI is InChI=1S/C18H26N2O/c1-13-5-7-14(8-6-13)17(21)20-19-16-11-9-15(10-12-16)18(2,3)4/h5-8,15H,9-12H2,1-4H3,(H,20,21). The fourth-order valence-electron chi connectivity index (χ4n) is 2.83. The summed E-state index contributed by atoms with van der Waals surface area (Å²) < 4.78 is 0. The van der Waals surface area contributed by atoms with Crippen LogP contribution in [0.25, 0.3) is 0 Å². The van der Waals surface area contributed by atoms with E-state index in [0.29, 0.717) is 11.0 Å². The summed E-state index contributed by atoms with van der Waals surface area (Å²) in [5, 5.41) is 4.32. The number of amides is 1. The molecule has 0 spiro atoms. The first kappa shape index (κ1) is 15.7. The van der Waals surface area contributed by atoms with Gasteiger partial charge in [0.25, 0.3) is 5.91 Å². The molecule has 3 heteroatoms. The third-order valence-corrected chi connectivity index (χ3v) is 4.42. The molecule has 0 aromatic heterocycles. The average molecular weight is 286 g/mol. The number of hydrogen-bond acceptors (Lipinski definition) is 2. The summed E-state index contributed by atoms with van der Waals surface area (Å²) in [5.41, 5.74) is 6.00. The second-order valence-electron chi connectivity index (χ2n) is 7.13. The van der Waals surface area contributed by atoms with Crippen LogP contribution in [-0.4, -0.2) is 11.6 Å². The van der Waals surface area contributed by atoms with Crippen molar-refractivity contribution in [2.45, 2.75) is 53.4 Å². The summed E-state index contributed by atoms with van der Waals surface area (Å²) in [7, 11) is 0. The van der Waals surface area contributed by atoms with Gasteiger partial charge in [0, 0.05) is 11.3 Å². The first-order valence-corrected chi connectivity index (χ1v) is 7.78. The molecular weight excluding hydrogens is 260 g/mol. The number of carbonyl (C=O) groups excluding carboxylic acids is 1. The number of rotatable bonds is 2. The highest BCUT2D eigenvalue weighted by atomic mass is 16.2. The Labute approximate surface area is 127 Å². The van der Waals surface area contributed by atoms with Crippen molar-refractivity contribution in [3.8, 4) is 0 Å². The van der Waals surface area contributed by atoms with Crippen molar-refractivity contribution in [3.63, 3.8) is 0 Å². The van der Waals surface area contributed by atoms with E-state index in [2.05, 4.69) is 31.3 Å². The summed E-state index contributed by atoms with van der Waals surface area (Å²) in [6.45, 7) is 8.92. The molecule has 0 aliphatic heterocycles. The SMILES string of the molecule is Cc1ccc(C(=O)NN=C2CCC(C(C)(C)C)CC2)cc1. The van der Waals surface area contributed by atoms with Crippen molar-refractivity contribution in [3.05, 3.63) is 35.4 Å². The molecule has 1 fully saturated rings. The van der Waals surface area contributed by atoms with E-state index in [-0.39, 0.29) is 5.91 Å². The fraction of sp³-hybridized carbons (Fsp3) is 0.556. The van der Waals surface area contributed by atoms with Gasteiger partial charge in [0.05, 0.1) is 0 Å². The average Bonchev–Trinajstić information content (AvgIpc) is 2.45. The van der Waals surface area contributed by atoms with Crippen molar-refractivity contribution in [2.75, 3.05) is 0 Å². The zero-order valence-corrected chi connectivity index (χ0v) is 13.6. The van der Waals surface area contributed by atoms with Crippen molar-refractivity contribution in [2.24, 2.45) is 16.4 Å². The fourth-order valence-corrected chi connectivity index (χ4v) is 2.83. The van der Waals surface area contributed by atoms with E-state index < -0.39 is 0 Å². The molecule has 3 nitrogen and oxygen atoms in total. The molecule has 0 radical (unpaired) electrons. The Morgan fingerprint density at radius 1 is 1.14 bits per heavy atom. The highest BCUT2D eigenvalue weighted by Crippen LogP contribution is 2.36. The Morgan fingerprint density at radius 2 is 1.71 bits per heavy atom. The van der Waals surface area contributed by atoms with Gasteiger partial charge in [-0.25, -0.2) is 5.43 Å². The molecule has 2 rings (SSSR count). The first-order valence-electron chi connectivity index (χ1n) is 7.78. The largest absolute Gasteiger partial charge is 0.271 e. The number of carbonyl (C=O) groups is 1. The molecule has 0 atom stereocenters. The van der Waals surface area contributed by atoms with Crippen LogP contribution in [-0.2, 0) is 0 Å². The van der Waals surface area contributed by atoms with Crippen LogP contribution in [0.2, 0.25) is 0 Å². The summed E-state index contributed by atoms with van der Waals surface area (Å²) >= 11 is 0. The summed E-state index contributed by atoms with van der Waals surface area (Å²) in [6.07, 6.45) is 4.33. The maximum absolute atomic E-state index is 12.0. The monoisotopic (exact) mass is 286 g/mol. The topological polar surface area (TPSA) is 41.5 Å². The predicted octanol–water partition coefficient (Wildman–Crippen LogP) is 4.32. The maximum atomic E-state index is 12.0. The van der Waals surface area contributed by atoms with Crippen molar-refractivity contribution in [1.29, 1.82) is 0 Å². The van der Waals surface area contributed by atoms with Crippen molar-refractivity contribution in [1.82, 2.24) is 5.43 Å². The predicted molar refractivity (Wildman–Crippen MR) is 87.5 cm³/mol. The van der Waals surface area contributed by atoms with Gasteiger partial charge in [-0.05, 0) is 56.1 Å². The molecular formula is C18H26N2O. The lowest BCUT2D eigenvalue weighted by atomic mass is 9.72. The normalized spacial score (nSPS) is 19.2. The lowest BCUT2D eigenvalue weighted by Gasteiger charge is -2.34. The molecule has 21 heavy (non-hydrogen) atoms. The number of benzene rings is 1. The minimum atomic E-state index is -0.125. The van der Waals surface area contributed by atoms with Crippen molar-refractivity contribution >= 4 is 11.6 Å². The third kappa shape index (κ3) is 4.42. The Bertz CT molecular complexity index is 513. The molecule has 0 heterocycles. The highest BCUT2D eigenvalue weighted by molar-refractivity contribution is 5.95. The zero-order chi connectivity index (χ0) is 15.5. The number of nitrogens with one attached hydrogen (secondary N) is 1. The van der Waals surface area contributed by atoms with Gasteiger partial charge in [-0.2, -0.15) is 5.10 Å². The summed E-state index contributed by atoms with van der Waals surface area (Å²) in [6, 6.07) is 7.55. The van der Waals surface area contributed by atoms with Crippen LogP contribution in [0.1, 0.15) is 62.4 Å². The van der Waals surface area contributed by atoms with E-state index in [4.69, 9.17) is 0 Å². The third-order valence-electron chi connectivity index (χ3n) is 4.42. The Hall–Kier alpha value is -1.64. The maximum Gasteiger partial charge on any atom is 0.271 e. The van der Waals surface area contributed by atoms with E-state index in [0.717, 1.165) is 30.0 Å². The van der Waals surface area contributed by atoms with Crippen LogP contribution < -0.4 is 5.43 Å². The molecule has 0 bridgehead atoms. The second-order valence-corrected chi connectivity index (χ2v) is 7.13. The molecule has 1 amide bonds. The van der Waals surface area contributed by atoms with Gasteiger partial charge in [0.2, 0.25) is 0 Å². The van der Waals surface area contributed by atoms with Crippen LogP contribution in [0.3, 0.4) is 0 Å². The van der Waals surface area contributed by atoms with E-state index >= 15 is 0 Å². The van der Waals surface area contributed by atoms with Gasteiger partial charge in [0.1, 0.15) is 0 Å². The molecule has 0 unspecified atom stereocenters. The number of hydrazone groups is 1. The highest BCUT2D eigenvalue weighted by Gasteiger charge is 2.28. The van der Waals surface area contributed by atoms with E-state index in [1.165, 1.54) is 12.8 Å². The smallest absolute Gasteiger partial charge is 0.267 e. The number of hydrogen-bond donors (Lipinski definition) is 1. The van der Waals surface area contributed by atoms with Gasteiger partial charge in [0.15, 0.2) is 0 Å². The molecule has 0 saturated heterocycles. The van der Waals surface area contributed by atoms with Crippen LogP contribution in [0.4, 0.5) is 0 Å². The van der Waals surface area contributed by atoms with E-state index in [1.54, 1.807) is 0 Å². The Balaban J connectivity index is 1.88. The van der Waals surface area contributed by atoms with Gasteiger partial charge in [-0.1, -0.05) is 38.5 Å². The van der Waals surface area contributed by atoms with E-state index in [1.807, 2.05) is 31.2 Å². The molecule has 1 aliphatic carbocycles. The second kappa shape index (κ2) is 6.42. The van der Waals surface area contributed by atoms with Gasteiger partial charge >= 0.3 is 0 Å². The number of aryl methyl sites for hydroxylation is 1. The lowest BCUT2D eigenvalue weighted by molar-refractivity contribution is 0.0954. The Kier molecular flexibility index (Phi) is 4.81. The van der Waals surface area contributed by atoms with Gasteiger partial charge < -0.3 is 0 Å².